The number of Topliss-reactive ketones (excluding diaryl/α,β-unsaturated/α-hetero) is 1. The highest BCUT2D eigenvalue weighted by molar-refractivity contribution is 5.96. The fraction of sp³-hybridized carbons (Fsp3) is 0.435. The summed E-state index contributed by atoms with van der Waals surface area (Å²) in [7, 11) is 0. The second kappa shape index (κ2) is 9.49. The molecule has 0 spiro atoms. The number of anilines is 1. The molecule has 5 heteroatoms. The van der Waals surface area contributed by atoms with Gasteiger partial charge in [-0.25, -0.2) is 9.97 Å². The van der Waals surface area contributed by atoms with E-state index in [-0.39, 0.29) is 11.5 Å². The first-order chi connectivity index (χ1) is 13.5. The van der Waals surface area contributed by atoms with Gasteiger partial charge in [0.15, 0.2) is 11.5 Å². The molecule has 1 saturated carbocycles. The van der Waals surface area contributed by atoms with Crippen molar-refractivity contribution in [2.24, 2.45) is 5.92 Å². The van der Waals surface area contributed by atoms with Gasteiger partial charge in [0, 0.05) is 24.7 Å². The topological polar surface area (TPSA) is 64.1 Å². The molecule has 5 nitrogen and oxygen atoms in total. The Kier molecular flexibility index (Phi) is 6.80. The van der Waals surface area contributed by atoms with E-state index in [0.29, 0.717) is 17.7 Å². The highest BCUT2D eigenvalue weighted by atomic mass is 16.5. The Balaban J connectivity index is 1.70. The third-order valence-electron chi connectivity index (χ3n) is 5.38. The van der Waals surface area contributed by atoms with E-state index in [9.17, 15) is 4.79 Å². The summed E-state index contributed by atoms with van der Waals surface area (Å²) in [5, 5.41) is 3.47. The van der Waals surface area contributed by atoms with E-state index >= 15 is 0 Å². The highest BCUT2D eigenvalue weighted by Gasteiger charge is 2.20. The van der Waals surface area contributed by atoms with Crippen LogP contribution in [0.1, 0.15) is 57.2 Å². The van der Waals surface area contributed by atoms with Gasteiger partial charge in [-0.05, 0) is 56.7 Å². The molecule has 3 rings (SSSR count). The molecular weight excluding hydrogens is 350 g/mol. The molecule has 2 aromatic rings. The molecule has 0 atom stereocenters. The third kappa shape index (κ3) is 5.41. The van der Waals surface area contributed by atoms with E-state index in [1.54, 1.807) is 12.3 Å². The maximum atomic E-state index is 12.0. The lowest BCUT2D eigenvalue weighted by atomic mass is 9.85. The molecule has 1 aromatic carbocycles. The molecule has 0 aliphatic heterocycles. The minimum Gasteiger partial charge on any atom is -0.454 e. The average molecular weight is 380 g/mol. The zero-order chi connectivity index (χ0) is 19.9. The molecule has 0 amide bonds. The summed E-state index contributed by atoms with van der Waals surface area (Å²) in [5.41, 5.74) is 1.59. The van der Waals surface area contributed by atoms with Crippen molar-refractivity contribution in [2.75, 3.05) is 5.32 Å². The maximum absolute atomic E-state index is 12.0. The second-order valence-electron chi connectivity index (χ2n) is 7.48. The molecule has 1 heterocycles. The van der Waals surface area contributed by atoms with Crippen LogP contribution in [0.25, 0.3) is 6.08 Å². The van der Waals surface area contributed by atoms with Crippen LogP contribution in [0.4, 0.5) is 5.95 Å². The van der Waals surface area contributed by atoms with Crippen LogP contribution in [0.3, 0.4) is 0 Å². The third-order valence-corrected chi connectivity index (χ3v) is 5.38. The number of benzene rings is 1. The second-order valence-corrected chi connectivity index (χ2v) is 7.48. The number of hydrogen-bond acceptors (Lipinski definition) is 5. The fourth-order valence-electron chi connectivity index (χ4n) is 3.54. The lowest BCUT2D eigenvalue weighted by Gasteiger charge is -2.28. The number of carbonyl (C=O) groups excluding carboxylic acids is 1. The van der Waals surface area contributed by atoms with Gasteiger partial charge in [-0.15, -0.1) is 0 Å². The van der Waals surface area contributed by atoms with Crippen LogP contribution < -0.4 is 10.1 Å². The van der Waals surface area contributed by atoms with Crippen LogP contribution in [-0.2, 0) is 4.79 Å². The van der Waals surface area contributed by atoms with Crippen LogP contribution in [0.15, 0.2) is 42.3 Å². The van der Waals surface area contributed by atoms with Crippen LogP contribution in [-0.4, -0.2) is 21.8 Å². The van der Waals surface area contributed by atoms with E-state index in [1.807, 2.05) is 37.3 Å². The van der Waals surface area contributed by atoms with E-state index < -0.39 is 0 Å². The van der Waals surface area contributed by atoms with E-state index in [1.165, 1.54) is 39.0 Å². The van der Waals surface area contributed by atoms with E-state index in [4.69, 9.17) is 4.74 Å². The normalized spacial score (nSPS) is 19.9. The number of nitrogens with one attached hydrogen (secondary N) is 1. The SMILES string of the molecule is CCC1CCC(Nc2ncc(/C=C(/Oc3ccccc3)C(C)=O)c(C)n2)CC1. The van der Waals surface area contributed by atoms with Crippen molar-refractivity contribution in [3.8, 4) is 5.75 Å². The number of ketones is 1. The number of allylic oxidation sites excluding steroid dienone is 1. The van der Waals surface area contributed by atoms with Gasteiger partial charge in [0.1, 0.15) is 5.75 Å². The summed E-state index contributed by atoms with van der Waals surface area (Å²) >= 11 is 0. The molecule has 1 aliphatic carbocycles. The van der Waals surface area contributed by atoms with Gasteiger partial charge >= 0.3 is 0 Å². The predicted octanol–water partition coefficient (Wildman–Crippen LogP) is 5.17. The van der Waals surface area contributed by atoms with Crippen LogP contribution in [0.5, 0.6) is 5.75 Å². The fourth-order valence-corrected chi connectivity index (χ4v) is 3.54. The lowest BCUT2D eigenvalue weighted by molar-refractivity contribution is -0.115. The smallest absolute Gasteiger partial charge is 0.223 e. The number of para-hydroxylation sites is 1. The zero-order valence-corrected chi connectivity index (χ0v) is 16.9. The minimum absolute atomic E-state index is 0.141. The largest absolute Gasteiger partial charge is 0.454 e. The van der Waals surface area contributed by atoms with E-state index in [2.05, 4.69) is 22.2 Å². The summed E-state index contributed by atoms with van der Waals surface area (Å²) in [6.45, 7) is 5.69. The number of carbonyl (C=O) groups is 1. The monoisotopic (exact) mass is 379 g/mol. The molecule has 0 radical (unpaired) electrons. The van der Waals surface area contributed by atoms with Gasteiger partial charge in [-0.1, -0.05) is 31.5 Å². The minimum atomic E-state index is -0.141. The van der Waals surface area contributed by atoms with Gasteiger partial charge in [0.25, 0.3) is 0 Å². The number of rotatable bonds is 7. The van der Waals surface area contributed by atoms with Gasteiger partial charge in [0.2, 0.25) is 5.95 Å². The van der Waals surface area contributed by atoms with Crippen molar-refractivity contribution in [2.45, 2.75) is 58.9 Å². The average Bonchev–Trinajstić information content (AvgIpc) is 2.70. The summed E-state index contributed by atoms with van der Waals surface area (Å²) in [4.78, 5) is 21.0. The molecule has 0 saturated heterocycles. The molecule has 0 bridgehead atoms. The van der Waals surface area contributed by atoms with Gasteiger partial charge in [0.05, 0.1) is 5.69 Å². The van der Waals surface area contributed by atoms with Crippen LogP contribution >= 0.6 is 0 Å². The zero-order valence-electron chi connectivity index (χ0n) is 16.9. The first kappa shape index (κ1) is 20.1. The maximum Gasteiger partial charge on any atom is 0.223 e. The Bertz CT molecular complexity index is 825. The molecule has 0 unspecified atom stereocenters. The lowest BCUT2D eigenvalue weighted by Crippen LogP contribution is -2.26. The molecule has 1 N–H and O–H groups in total. The number of nitrogens with zero attached hydrogens (tertiary/aromatic N) is 2. The molecule has 1 aromatic heterocycles. The molecule has 1 aliphatic rings. The first-order valence-corrected chi connectivity index (χ1v) is 10.1. The molecule has 28 heavy (non-hydrogen) atoms. The Morgan fingerprint density at radius 3 is 2.54 bits per heavy atom. The summed E-state index contributed by atoms with van der Waals surface area (Å²) in [6, 6.07) is 9.73. The quantitative estimate of drug-likeness (QED) is 0.531. The number of aromatic nitrogens is 2. The van der Waals surface area contributed by atoms with Gasteiger partial charge in [-0.2, -0.15) is 0 Å². The van der Waals surface area contributed by atoms with Crippen molar-refractivity contribution < 1.29 is 9.53 Å². The number of hydrogen-bond donors (Lipinski definition) is 1. The molecule has 1 fully saturated rings. The Morgan fingerprint density at radius 2 is 1.93 bits per heavy atom. The predicted molar refractivity (Wildman–Crippen MR) is 112 cm³/mol. The van der Waals surface area contributed by atoms with Crippen molar-refractivity contribution in [3.05, 3.63) is 53.5 Å². The molecular formula is C23H29N3O2. The van der Waals surface area contributed by atoms with Crippen molar-refractivity contribution in [1.29, 1.82) is 0 Å². The van der Waals surface area contributed by atoms with Crippen LogP contribution in [0.2, 0.25) is 0 Å². The highest BCUT2D eigenvalue weighted by Crippen LogP contribution is 2.28. The Hall–Kier alpha value is -2.69. The van der Waals surface area contributed by atoms with Gasteiger partial charge in [-0.3, -0.25) is 4.79 Å². The number of ether oxygens (including phenoxy) is 1. The summed E-state index contributed by atoms with van der Waals surface area (Å²) in [6.07, 6.45) is 9.61. The van der Waals surface area contributed by atoms with Gasteiger partial charge < -0.3 is 10.1 Å². The van der Waals surface area contributed by atoms with Crippen molar-refractivity contribution in [1.82, 2.24) is 9.97 Å². The standard InChI is InChI=1S/C23H29N3O2/c1-4-18-10-12-20(13-11-18)26-23-24-15-19(16(2)25-23)14-22(17(3)27)28-21-8-6-5-7-9-21/h5-9,14-15,18,20H,4,10-13H2,1-3H3,(H,24,25,26)/b22-14+. The van der Waals surface area contributed by atoms with Crippen molar-refractivity contribution in [3.63, 3.8) is 0 Å². The Morgan fingerprint density at radius 1 is 1.21 bits per heavy atom. The Labute approximate surface area is 167 Å². The summed E-state index contributed by atoms with van der Waals surface area (Å²) < 4.78 is 5.75. The van der Waals surface area contributed by atoms with Crippen molar-refractivity contribution >= 4 is 17.8 Å². The van der Waals surface area contributed by atoms with E-state index in [0.717, 1.165) is 17.2 Å². The first-order valence-electron chi connectivity index (χ1n) is 10.1. The molecule has 148 valence electrons. The summed E-state index contributed by atoms with van der Waals surface area (Å²) in [5.74, 6) is 2.28. The van der Waals surface area contributed by atoms with Crippen LogP contribution in [0, 0.1) is 12.8 Å². The number of aryl methyl sites for hydroxylation is 1.